The van der Waals surface area contributed by atoms with Gasteiger partial charge < -0.3 is 19.6 Å². The van der Waals surface area contributed by atoms with Gasteiger partial charge in [0.05, 0.1) is 0 Å². The number of hydrogen-bond acceptors (Lipinski definition) is 4. The Hall–Kier alpha value is -9.25. The maximum absolute atomic E-state index is 2.47. The van der Waals surface area contributed by atoms with E-state index < -0.39 is 0 Å². The summed E-state index contributed by atoms with van der Waals surface area (Å²) in [4.78, 5) is 9.83. The zero-order valence-electron chi connectivity index (χ0n) is 39.3. The van der Waals surface area contributed by atoms with Gasteiger partial charge in [0.2, 0.25) is 0 Å². The molecule has 4 nitrogen and oxygen atoms in total. The van der Waals surface area contributed by atoms with Crippen LogP contribution in [0, 0.1) is 0 Å². The molecule has 4 aliphatic heterocycles. The van der Waals surface area contributed by atoms with E-state index in [1.54, 1.807) is 0 Å². The van der Waals surface area contributed by atoms with Gasteiger partial charge in [-0.25, -0.2) is 0 Å². The van der Waals surface area contributed by atoms with Gasteiger partial charge in [0.25, 0.3) is 13.4 Å². The first-order chi connectivity index (χ1) is 35.8. The lowest BCUT2D eigenvalue weighted by Gasteiger charge is -2.44. The molecule has 0 atom stereocenters. The standard InChI is InChI=1S/C66H44B2N4/c1-5-19-49(20-6-1)69-57-29-15-13-27-53(57)67-55-43-47(39-41-59(55)71(51-23-9-3-10-24-51)63-33-17-31-61(69)65(63)67)45-35-37-46(38-36-45)48-40-42-60-56(44-48)68-54-28-14-16-30-58(54)70(50-21-7-2-8-22-50)62-32-18-34-64(66(62)68)72(60)52-25-11-4-12-26-52/h1-44H. The molecule has 15 rings (SSSR count). The fourth-order valence-electron chi connectivity index (χ4n) is 12.4. The Morgan fingerprint density at radius 3 is 0.792 bits per heavy atom. The number of nitrogens with zero attached hydrogens (tertiary/aromatic N) is 4. The first-order valence-electron chi connectivity index (χ1n) is 25.0. The minimum absolute atomic E-state index is 0.0443. The van der Waals surface area contributed by atoms with Gasteiger partial charge in [-0.05, 0) is 152 Å². The van der Waals surface area contributed by atoms with Gasteiger partial charge >= 0.3 is 0 Å². The fourth-order valence-corrected chi connectivity index (χ4v) is 12.4. The molecule has 6 heteroatoms. The van der Waals surface area contributed by atoms with E-state index in [0.29, 0.717) is 0 Å². The van der Waals surface area contributed by atoms with Crippen LogP contribution in [0.4, 0.5) is 68.2 Å². The monoisotopic (exact) mass is 914 g/mol. The molecule has 4 aliphatic rings. The van der Waals surface area contributed by atoms with Crippen molar-refractivity contribution in [3.8, 4) is 22.3 Å². The van der Waals surface area contributed by atoms with Crippen molar-refractivity contribution < 1.29 is 0 Å². The highest BCUT2D eigenvalue weighted by Gasteiger charge is 2.45. The van der Waals surface area contributed by atoms with Crippen molar-refractivity contribution in [3.63, 3.8) is 0 Å². The van der Waals surface area contributed by atoms with Crippen LogP contribution >= 0.6 is 0 Å². The molecule has 0 N–H and O–H groups in total. The fraction of sp³-hybridized carbons (Fsp3) is 0. The van der Waals surface area contributed by atoms with E-state index in [-0.39, 0.29) is 13.4 Å². The number of hydrogen-bond donors (Lipinski definition) is 0. The average molecular weight is 915 g/mol. The molecule has 0 aliphatic carbocycles. The van der Waals surface area contributed by atoms with Crippen LogP contribution in [0.15, 0.2) is 267 Å². The van der Waals surface area contributed by atoms with Gasteiger partial charge in [-0.1, -0.05) is 170 Å². The van der Waals surface area contributed by atoms with Crippen LogP contribution in [-0.2, 0) is 0 Å². The van der Waals surface area contributed by atoms with Crippen molar-refractivity contribution in [2.45, 2.75) is 0 Å². The number of benzene rings is 11. The first-order valence-corrected chi connectivity index (χ1v) is 25.0. The normalized spacial score (nSPS) is 13.4. The predicted molar refractivity (Wildman–Crippen MR) is 305 cm³/mol. The predicted octanol–water partition coefficient (Wildman–Crippen LogP) is 13.2. The Kier molecular flexibility index (Phi) is 9.12. The van der Waals surface area contributed by atoms with Gasteiger partial charge in [-0.15, -0.1) is 0 Å². The molecule has 4 heterocycles. The van der Waals surface area contributed by atoms with Crippen LogP contribution in [0.5, 0.6) is 0 Å². The SMILES string of the molecule is c1ccc(N2c3ccccc3B3c4cc(-c5ccc(-c6ccc7c(c6)B6c8ccccc8N(c8ccccc8)c8cccc(c86)N7c6ccccc6)cc5)ccc4N(c4ccccc4)c4cccc2c43)cc1. The maximum Gasteiger partial charge on any atom is 0.252 e. The molecular weight excluding hydrogens is 870 g/mol. The Balaban J connectivity index is 0.855. The molecule has 72 heavy (non-hydrogen) atoms. The van der Waals surface area contributed by atoms with Gasteiger partial charge in [-0.2, -0.15) is 0 Å². The molecule has 11 aromatic carbocycles. The summed E-state index contributed by atoms with van der Waals surface area (Å²) < 4.78 is 0. The molecule has 0 saturated heterocycles. The van der Waals surface area contributed by atoms with Crippen molar-refractivity contribution in [2.75, 3.05) is 19.6 Å². The lowest BCUT2D eigenvalue weighted by atomic mass is 9.33. The molecule has 0 unspecified atom stereocenters. The number of anilines is 12. The molecule has 334 valence electrons. The molecular formula is C66H44B2N4. The zero-order chi connectivity index (χ0) is 47.3. The van der Waals surface area contributed by atoms with E-state index in [1.165, 1.54) is 101 Å². The number of para-hydroxylation sites is 6. The van der Waals surface area contributed by atoms with E-state index in [9.17, 15) is 0 Å². The van der Waals surface area contributed by atoms with Crippen LogP contribution < -0.4 is 52.4 Å². The van der Waals surface area contributed by atoms with Crippen LogP contribution in [0.2, 0.25) is 0 Å². The van der Waals surface area contributed by atoms with E-state index in [4.69, 9.17) is 0 Å². The highest BCUT2D eigenvalue weighted by Crippen LogP contribution is 2.46. The molecule has 0 radical (unpaired) electrons. The minimum Gasteiger partial charge on any atom is -0.311 e. The summed E-state index contributed by atoms with van der Waals surface area (Å²) in [6, 6.07) is 98.4. The van der Waals surface area contributed by atoms with Crippen molar-refractivity contribution in [1.82, 2.24) is 0 Å². The number of fused-ring (bicyclic) bond motifs is 8. The van der Waals surface area contributed by atoms with E-state index in [2.05, 4.69) is 287 Å². The van der Waals surface area contributed by atoms with Gasteiger partial charge in [0.15, 0.2) is 0 Å². The van der Waals surface area contributed by atoms with Crippen molar-refractivity contribution in [1.29, 1.82) is 0 Å². The van der Waals surface area contributed by atoms with Crippen LogP contribution in [0.1, 0.15) is 0 Å². The Bertz CT molecular complexity index is 3620. The largest absolute Gasteiger partial charge is 0.311 e. The third-order valence-electron chi connectivity index (χ3n) is 15.4. The molecule has 0 saturated carbocycles. The molecule has 0 fully saturated rings. The average Bonchev–Trinajstić information content (AvgIpc) is 3.46. The van der Waals surface area contributed by atoms with Crippen LogP contribution in [-0.4, -0.2) is 13.4 Å². The zero-order valence-corrected chi connectivity index (χ0v) is 39.3. The molecule has 0 aromatic heterocycles. The summed E-state index contributed by atoms with van der Waals surface area (Å²) in [5.41, 5.74) is 27.0. The van der Waals surface area contributed by atoms with Crippen molar-refractivity contribution in [3.05, 3.63) is 267 Å². The van der Waals surface area contributed by atoms with E-state index in [1.807, 2.05) is 0 Å². The van der Waals surface area contributed by atoms with Crippen molar-refractivity contribution in [2.24, 2.45) is 0 Å². The lowest BCUT2D eigenvalue weighted by Crippen LogP contribution is -2.61. The quantitative estimate of drug-likeness (QED) is 0.154. The van der Waals surface area contributed by atoms with Crippen LogP contribution in [0.25, 0.3) is 22.3 Å². The maximum atomic E-state index is 2.47. The molecule has 0 spiro atoms. The van der Waals surface area contributed by atoms with E-state index in [0.717, 1.165) is 22.7 Å². The molecule has 11 aromatic rings. The smallest absolute Gasteiger partial charge is 0.252 e. The van der Waals surface area contributed by atoms with Gasteiger partial charge in [0.1, 0.15) is 0 Å². The lowest BCUT2D eigenvalue weighted by molar-refractivity contribution is 1.25. The Morgan fingerprint density at radius 2 is 0.458 bits per heavy atom. The third kappa shape index (κ3) is 6.09. The second-order valence-electron chi connectivity index (χ2n) is 19.2. The second kappa shape index (κ2) is 16.2. The summed E-state index contributed by atoms with van der Waals surface area (Å²) in [6.07, 6.45) is 0. The highest BCUT2D eigenvalue weighted by atomic mass is 15.2. The minimum atomic E-state index is 0.0443. The third-order valence-corrected chi connectivity index (χ3v) is 15.4. The summed E-state index contributed by atoms with van der Waals surface area (Å²) in [6.45, 7) is 0.0886. The second-order valence-corrected chi connectivity index (χ2v) is 19.2. The summed E-state index contributed by atoms with van der Waals surface area (Å²) in [7, 11) is 0. The summed E-state index contributed by atoms with van der Waals surface area (Å²) in [5.74, 6) is 0. The topological polar surface area (TPSA) is 13.0 Å². The van der Waals surface area contributed by atoms with Gasteiger partial charge in [-0.3, -0.25) is 0 Å². The number of rotatable bonds is 6. The first kappa shape index (κ1) is 40.6. The highest BCUT2D eigenvalue weighted by molar-refractivity contribution is 7.01. The summed E-state index contributed by atoms with van der Waals surface area (Å²) in [5, 5.41) is 0. The Morgan fingerprint density at radius 1 is 0.194 bits per heavy atom. The van der Waals surface area contributed by atoms with E-state index >= 15 is 0 Å². The van der Waals surface area contributed by atoms with Crippen LogP contribution in [0.3, 0.4) is 0 Å². The van der Waals surface area contributed by atoms with Gasteiger partial charge in [0, 0.05) is 68.2 Å². The summed E-state index contributed by atoms with van der Waals surface area (Å²) >= 11 is 0. The molecule has 0 amide bonds. The molecule has 0 bridgehead atoms. The van der Waals surface area contributed by atoms with Crippen molar-refractivity contribution >= 4 is 114 Å². The Labute approximate surface area is 421 Å².